The Morgan fingerprint density at radius 3 is 2.81 bits per heavy atom. The SMILES string of the molecule is CCNCc1cc2ccccc2c(OC(C)COCC)n1. The van der Waals surface area contributed by atoms with Gasteiger partial charge >= 0.3 is 0 Å². The Labute approximate surface area is 126 Å². The first-order valence-electron chi connectivity index (χ1n) is 7.58. The van der Waals surface area contributed by atoms with Crippen LogP contribution >= 0.6 is 0 Å². The van der Waals surface area contributed by atoms with Crippen LogP contribution in [-0.4, -0.2) is 30.8 Å². The fourth-order valence-electron chi connectivity index (χ4n) is 2.16. The van der Waals surface area contributed by atoms with Crippen molar-refractivity contribution in [3.8, 4) is 5.88 Å². The molecule has 0 amide bonds. The molecule has 114 valence electrons. The summed E-state index contributed by atoms with van der Waals surface area (Å²) in [7, 11) is 0. The smallest absolute Gasteiger partial charge is 0.221 e. The number of aromatic nitrogens is 1. The third-order valence-electron chi connectivity index (χ3n) is 3.18. The molecule has 0 saturated carbocycles. The van der Waals surface area contributed by atoms with Crippen LogP contribution in [0.4, 0.5) is 0 Å². The van der Waals surface area contributed by atoms with Crippen molar-refractivity contribution in [2.75, 3.05) is 19.8 Å². The minimum absolute atomic E-state index is 0.0183. The molecule has 1 heterocycles. The molecule has 4 heteroatoms. The van der Waals surface area contributed by atoms with E-state index in [-0.39, 0.29) is 6.10 Å². The molecule has 0 bridgehead atoms. The zero-order valence-electron chi connectivity index (χ0n) is 13.1. The van der Waals surface area contributed by atoms with E-state index in [4.69, 9.17) is 9.47 Å². The van der Waals surface area contributed by atoms with E-state index in [0.29, 0.717) is 19.1 Å². The maximum atomic E-state index is 5.99. The molecule has 0 fully saturated rings. The zero-order chi connectivity index (χ0) is 15.1. The summed E-state index contributed by atoms with van der Waals surface area (Å²) in [6.07, 6.45) is -0.0183. The Balaban J connectivity index is 2.26. The van der Waals surface area contributed by atoms with Crippen LogP contribution in [0.15, 0.2) is 30.3 Å². The van der Waals surface area contributed by atoms with E-state index in [0.717, 1.165) is 29.6 Å². The first-order valence-corrected chi connectivity index (χ1v) is 7.58. The molecule has 2 rings (SSSR count). The number of nitrogens with one attached hydrogen (secondary N) is 1. The molecule has 1 aromatic heterocycles. The van der Waals surface area contributed by atoms with Gasteiger partial charge in [0.15, 0.2) is 0 Å². The molecule has 0 saturated heterocycles. The van der Waals surface area contributed by atoms with Crippen LogP contribution in [0.5, 0.6) is 5.88 Å². The lowest BCUT2D eigenvalue weighted by Gasteiger charge is -2.16. The van der Waals surface area contributed by atoms with Gasteiger partial charge < -0.3 is 14.8 Å². The summed E-state index contributed by atoms with van der Waals surface area (Å²) >= 11 is 0. The summed E-state index contributed by atoms with van der Waals surface area (Å²) in [5.74, 6) is 0.688. The van der Waals surface area contributed by atoms with Crippen molar-refractivity contribution in [2.24, 2.45) is 0 Å². The van der Waals surface area contributed by atoms with Gasteiger partial charge in [-0.1, -0.05) is 25.1 Å². The monoisotopic (exact) mass is 288 g/mol. The Morgan fingerprint density at radius 2 is 2.05 bits per heavy atom. The van der Waals surface area contributed by atoms with Crippen LogP contribution in [0, 0.1) is 0 Å². The van der Waals surface area contributed by atoms with E-state index in [1.807, 2.05) is 32.0 Å². The maximum Gasteiger partial charge on any atom is 0.221 e. The number of hydrogen-bond donors (Lipinski definition) is 1. The highest BCUT2D eigenvalue weighted by Gasteiger charge is 2.11. The average Bonchev–Trinajstić information content (AvgIpc) is 2.51. The minimum Gasteiger partial charge on any atom is -0.472 e. The van der Waals surface area contributed by atoms with Gasteiger partial charge in [-0.25, -0.2) is 4.98 Å². The highest BCUT2D eigenvalue weighted by Crippen LogP contribution is 2.25. The fourth-order valence-corrected chi connectivity index (χ4v) is 2.16. The molecular weight excluding hydrogens is 264 g/mol. The Hall–Kier alpha value is -1.65. The lowest BCUT2D eigenvalue weighted by Crippen LogP contribution is -2.20. The van der Waals surface area contributed by atoms with Gasteiger partial charge in [0.05, 0.1) is 12.3 Å². The van der Waals surface area contributed by atoms with E-state index in [1.54, 1.807) is 0 Å². The lowest BCUT2D eigenvalue weighted by atomic mass is 10.1. The van der Waals surface area contributed by atoms with Gasteiger partial charge in [-0.3, -0.25) is 0 Å². The van der Waals surface area contributed by atoms with Crippen molar-refractivity contribution in [3.05, 3.63) is 36.0 Å². The van der Waals surface area contributed by atoms with E-state index in [1.165, 1.54) is 0 Å². The van der Waals surface area contributed by atoms with Crippen LogP contribution in [0.1, 0.15) is 26.5 Å². The minimum atomic E-state index is -0.0183. The molecule has 0 spiro atoms. The van der Waals surface area contributed by atoms with Crippen LogP contribution in [0.2, 0.25) is 0 Å². The summed E-state index contributed by atoms with van der Waals surface area (Å²) in [4.78, 5) is 4.65. The van der Waals surface area contributed by atoms with Gasteiger partial charge in [0.25, 0.3) is 0 Å². The van der Waals surface area contributed by atoms with Crippen molar-refractivity contribution in [3.63, 3.8) is 0 Å². The van der Waals surface area contributed by atoms with Crippen molar-refractivity contribution < 1.29 is 9.47 Å². The molecule has 0 radical (unpaired) electrons. The van der Waals surface area contributed by atoms with Gasteiger partial charge in [0.1, 0.15) is 6.10 Å². The molecule has 0 aliphatic carbocycles. The molecule has 2 aromatic rings. The Kier molecular flexibility index (Phi) is 5.96. The molecule has 1 atom stereocenters. The summed E-state index contributed by atoms with van der Waals surface area (Å²) in [5, 5.41) is 5.50. The van der Waals surface area contributed by atoms with E-state index in [9.17, 15) is 0 Å². The Bertz CT molecular complexity index is 572. The zero-order valence-corrected chi connectivity index (χ0v) is 13.1. The maximum absolute atomic E-state index is 5.99. The van der Waals surface area contributed by atoms with Gasteiger partial charge in [0, 0.05) is 18.5 Å². The fraction of sp³-hybridized carbons (Fsp3) is 0.471. The third kappa shape index (κ3) is 4.41. The van der Waals surface area contributed by atoms with Crippen LogP contribution in [0.25, 0.3) is 10.8 Å². The number of rotatable bonds is 8. The predicted octanol–water partition coefficient (Wildman–Crippen LogP) is 3.15. The predicted molar refractivity (Wildman–Crippen MR) is 85.7 cm³/mol. The second-order valence-electron chi connectivity index (χ2n) is 5.01. The largest absolute Gasteiger partial charge is 0.472 e. The molecule has 1 N–H and O–H groups in total. The number of hydrogen-bond acceptors (Lipinski definition) is 4. The van der Waals surface area contributed by atoms with E-state index >= 15 is 0 Å². The highest BCUT2D eigenvalue weighted by atomic mass is 16.5. The second kappa shape index (κ2) is 7.96. The standard InChI is InChI=1S/C17H24N2O2/c1-4-18-11-15-10-14-8-6-7-9-16(14)17(19-15)21-13(3)12-20-5-2/h6-10,13,18H,4-5,11-12H2,1-3H3. The lowest BCUT2D eigenvalue weighted by molar-refractivity contribution is 0.0641. The number of fused-ring (bicyclic) bond motifs is 1. The average molecular weight is 288 g/mol. The summed E-state index contributed by atoms with van der Waals surface area (Å²) in [6, 6.07) is 10.3. The normalized spacial score (nSPS) is 12.5. The van der Waals surface area contributed by atoms with Gasteiger partial charge in [0.2, 0.25) is 5.88 Å². The van der Waals surface area contributed by atoms with Crippen molar-refractivity contribution in [1.29, 1.82) is 0 Å². The molecule has 1 aromatic carbocycles. The van der Waals surface area contributed by atoms with E-state index < -0.39 is 0 Å². The molecule has 0 aliphatic rings. The van der Waals surface area contributed by atoms with Crippen LogP contribution in [0.3, 0.4) is 0 Å². The quantitative estimate of drug-likeness (QED) is 0.810. The second-order valence-corrected chi connectivity index (χ2v) is 5.01. The van der Waals surface area contributed by atoms with Crippen LogP contribution < -0.4 is 10.1 Å². The van der Waals surface area contributed by atoms with Gasteiger partial charge in [-0.2, -0.15) is 0 Å². The first-order chi connectivity index (χ1) is 10.2. The topological polar surface area (TPSA) is 43.4 Å². The molecule has 1 unspecified atom stereocenters. The van der Waals surface area contributed by atoms with Gasteiger partial charge in [-0.15, -0.1) is 0 Å². The van der Waals surface area contributed by atoms with Crippen molar-refractivity contribution >= 4 is 10.8 Å². The Morgan fingerprint density at radius 1 is 1.24 bits per heavy atom. The van der Waals surface area contributed by atoms with Crippen molar-refractivity contribution in [2.45, 2.75) is 33.4 Å². The van der Waals surface area contributed by atoms with E-state index in [2.05, 4.69) is 29.4 Å². The summed E-state index contributed by atoms with van der Waals surface area (Å²) < 4.78 is 11.4. The molecule has 0 aliphatic heterocycles. The van der Waals surface area contributed by atoms with Gasteiger partial charge in [-0.05, 0) is 37.9 Å². The number of ether oxygens (including phenoxy) is 2. The molecule has 4 nitrogen and oxygen atoms in total. The highest BCUT2D eigenvalue weighted by molar-refractivity contribution is 5.87. The molecule has 21 heavy (non-hydrogen) atoms. The number of pyridine rings is 1. The first kappa shape index (κ1) is 15.7. The third-order valence-corrected chi connectivity index (χ3v) is 3.18. The number of benzene rings is 1. The van der Waals surface area contributed by atoms with Crippen molar-refractivity contribution in [1.82, 2.24) is 10.3 Å². The summed E-state index contributed by atoms with van der Waals surface area (Å²) in [5.41, 5.74) is 0.995. The summed E-state index contributed by atoms with van der Waals surface area (Å²) in [6.45, 7) is 9.01. The molecular formula is C17H24N2O2. The van der Waals surface area contributed by atoms with Crippen LogP contribution in [-0.2, 0) is 11.3 Å². The number of nitrogens with zero attached hydrogens (tertiary/aromatic N) is 1.